The lowest BCUT2D eigenvalue weighted by molar-refractivity contribution is 0.0912. The topological polar surface area (TPSA) is 78.0 Å². The summed E-state index contributed by atoms with van der Waals surface area (Å²) in [5, 5.41) is 12.1. The van der Waals surface area contributed by atoms with Crippen molar-refractivity contribution in [3.05, 3.63) is 54.1 Å². The lowest BCUT2D eigenvalue weighted by atomic mass is 10.1. The summed E-state index contributed by atoms with van der Waals surface area (Å²) in [5.74, 6) is -0.262. The molecule has 1 amide bonds. The predicted octanol–water partition coefficient (Wildman–Crippen LogP) is 0.743. The molecule has 0 spiro atoms. The van der Waals surface area contributed by atoms with Crippen LogP contribution in [0.5, 0.6) is 0 Å². The van der Waals surface area contributed by atoms with E-state index in [0.29, 0.717) is 12.1 Å². The third-order valence-electron chi connectivity index (χ3n) is 2.62. The molecule has 0 aliphatic heterocycles. The second-order valence-electron chi connectivity index (χ2n) is 4.01. The number of aliphatic hydroxyl groups excluding tert-OH is 1. The van der Waals surface area contributed by atoms with Crippen molar-refractivity contribution in [1.29, 1.82) is 0 Å². The maximum Gasteiger partial charge on any atom is 0.269 e. The van der Waals surface area contributed by atoms with Gasteiger partial charge in [0.25, 0.3) is 5.91 Å². The molecule has 1 aromatic heterocycles. The van der Waals surface area contributed by atoms with Gasteiger partial charge in [-0.15, -0.1) is 0 Å². The highest BCUT2D eigenvalue weighted by molar-refractivity contribution is 5.92. The van der Waals surface area contributed by atoms with Crippen LogP contribution in [-0.4, -0.2) is 33.6 Å². The first-order valence-electron chi connectivity index (χ1n) is 5.73. The molecule has 5 heteroatoms. The number of aliphatic hydroxyl groups is 1. The van der Waals surface area contributed by atoms with Crippen LogP contribution < -0.4 is 5.32 Å². The fourth-order valence-corrected chi connectivity index (χ4v) is 1.70. The molecule has 18 heavy (non-hydrogen) atoms. The second-order valence-corrected chi connectivity index (χ2v) is 4.01. The highest BCUT2D eigenvalue weighted by atomic mass is 16.3. The van der Waals surface area contributed by atoms with E-state index in [4.69, 9.17) is 0 Å². The van der Waals surface area contributed by atoms with Gasteiger partial charge < -0.3 is 15.4 Å². The van der Waals surface area contributed by atoms with Crippen molar-refractivity contribution in [1.82, 2.24) is 15.3 Å². The fourth-order valence-electron chi connectivity index (χ4n) is 1.70. The SMILES string of the molecule is O=C(N[C@H](CO)Cc1ccccc1)c1cnc[nH]1. The Kier molecular flexibility index (Phi) is 4.09. The van der Waals surface area contributed by atoms with Crippen molar-refractivity contribution < 1.29 is 9.90 Å². The third-order valence-corrected chi connectivity index (χ3v) is 2.62. The summed E-state index contributed by atoms with van der Waals surface area (Å²) in [7, 11) is 0. The first-order chi connectivity index (χ1) is 8.79. The van der Waals surface area contributed by atoms with Gasteiger partial charge in [0.1, 0.15) is 5.69 Å². The van der Waals surface area contributed by atoms with Crippen LogP contribution in [0.15, 0.2) is 42.9 Å². The fraction of sp³-hybridized carbons (Fsp3) is 0.231. The molecular weight excluding hydrogens is 230 g/mol. The molecule has 0 saturated heterocycles. The number of nitrogens with one attached hydrogen (secondary N) is 2. The summed E-state index contributed by atoms with van der Waals surface area (Å²) in [6.45, 7) is -0.102. The van der Waals surface area contributed by atoms with E-state index in [2.05, 4.69) is 15.3 Å². The van der Waals surface area contributed by atoms with Gasteiger partial charge in [-0.05, 0) is 12.0 Å². The number of hydrogen-bond donors (Lipinski definition) is 3. The summed E-state index contributed by atoms with van der Waals surface area (Å²) >= 11 is 0. The molecule has 2 rings (SSSR count). The van der Waals surface area contributed by atoms with Crippen LogP contribution in [0.1, 0.15) is 16.1 Å². The molecule has 0 saturated carbocycles. The van der Waals surface area contributed by atoms with Gasteiger partial charge in [0.15, 0.2) is 0 Å². The molecule has 0 fully saturated rings. The zero-order chi connectivity index (χ0) is 12.8. The van der Waals surface area contributed by atoms with Crippen LogP contribution in [0.2, 0.25) is 0 Å². The number of nitrogens with zero attached hydrogens (tertiary/aromatic N) is 1. The second kappa shape index (κ2) is 5.97. The Morgan fingerprint density at radius 3 is 2.78 bits per heavy atom. The molecule has 94 valence electrons. The molecule has 0 radical (unpaired) electrons. The molecule has 1 heterocycles. The summed E-state index contributed by atoms with van der Waals surface area (Å²) in [6, 6.07) is 9.42. The Hall–Kier alpha value is -2.14. The highest BCUT2D eigenvalue weighted by Crippen LogP contribution is 2.03. The number of imidazole rings is 1. The molecule has 0 unspecified atom stereocenters. The molecule has 1 atom stereocenters. The van der Waals surface area contributed by atoms with Crippen LogP contribution in [0.4, 0.5) is 0 Å². The van der Waals surface area contributed by atoms with Gasteiger partial charge in [-0.2, -0.15) is 0 Å². The van der Waals surface area contributed by atoms with E-state index in [1.807, 2.05) is 30.3 Å². The Bertz CT molecular complexity index is 482. The first-order valence-corrected chi connectivity index (χ1v) is 5.73. The van der Waals surface area contributed by atoms with Crippen molar-refractivity contribution in [2.45, 2.75) is 12.5 Å². The zero-order valence-corrected chi connectivity index (χ0v) is 9.84. The molecule has 1 aromatic carbocycles. The van der Waals surface area contributed by atoms with E-state index in [-0.39, 0.29) is 18.6 Å². The minimum absolute atomic E-state index is 0.102. The first kappa shape index (κ1) is 12.3. The molecule has 3 N–H and O–H groups in total. The Morgan fingerprint density at radius 1 is 1.39 bits per heavy atom. The predicted molar refractivity (Wildman–Crippen MR) is 67.1 cm³/mol. The van der Waals surface area contributed by atoms with Crippen molar-refractivity contribution >= 4 is 5.91 Å². The summed E-state index contributed by atoms with van der Waals surface area (Å²) in [4.78, 5) is 18.3. The van der Waals surface area contributed by atoms with Gasteiger partial charge >= 0.3 is 0 Å². The molecule has 2 aromatic rings. The molecule has 0 aliphatic carbocycles. The Balaban J connectivity index is 1.96. The van der Waals surface area contributed by atoms with Gasteiger partial charge in [-0.1, -0.05) is 30.3 Å². The van der Waals surface area contributed by atoms with Gasteiger partial charge in [0.2, 0.25) is 0 Å². The standard InChI is InChI=1S/C13H15N3O2/c17-8-11(6-10-4-2-1-3-5-10)16-13(18)12-7-14-9-15-12/h1-5,7,9,11,17H,6,8H2,(H,14,15)(H,16,18)/t11-/m0/s1. The summed E-state index contributed by atoms with van der Waals surface area (Å²) in [5.41, 5.74) is 1.46. The monoisotopic (exact) mass is 245 g/mol. The molecule has 0 bridgehead atoms. The van der Waals surface area contributed by atoms with Crippen molar-refractivity contribution in [2.24, 2.45) is 0 Å². The lowest BCUT2D eigenvalue weighted by Crippen LogP contribution is -2.39. The number of amides is 1. The lowest BCUT2D eigenvalue weighted by Gasteiger charge is -2.15. The van der Waals surface area contributed by atoms with Crippen LogP contribution in [0.25, 0.3) is 0 Å². The normalized spacial score (nSPS) is 12.1. The van der Waals surface area contributed by atoms with Crippen LogP contribution in [-0.2, 0) is 6.42 Å². The highest BCUT2D eigenvalue weighted by Gasteiger charge is 2.14. The van der Waals surface area contributed by atoms with E-state index in [1.165, 1.54) is 12.5 Å². The number of carbonyl (C=O) groups excluding carboxylic acids is 1. The van der Waals surface area contributed by atoms with E-state index >= 15 is 0 Å². The van der Waals surface area contributed by atoms with Crippen LogP contribution in [0, 0.1) is 0 Å². The van der Waals surface area contributed by atoms with Gasteiger partial charge in [0, 0.05) is 0 Å². The van der Waals surface area contributed by atoms with E-state index < -0.39 is 0 Å². The number of benzene rings is 1. The van der Waals surface area contributed by atoms with E-state index in [1.54, 1.807) is 0 Å². The van der Waals surface area contributed by atoms with E-state index in [0.717, 1.165) is 5.56 Å². The minimum atomic E-state index is -0.303. The molecule has 5 nitrogen and oxygen atoms in total. The average Bonchev–Trinajstić information content (AvgIpc) is 2.93. The number of H-pyrrole nitrogens is 1. The number of hydrogen-bond acceptors (Lipinski definition) is 3. The third kappa shape index (κ3) is 3.18. The van der Waals surface area contributed by atoms with E-state index in [9.17, 15) is 9.90 Å². The molecular formula is C13H15N3O2. The summed E-state index contributed by atoms with van der Waals surface area (Å²) in [6.07, 6.45) is 3.49. The molecule has 0 aliphatic rings. The van der Waals surface area contributed by atoms with Crippen molar-refractivity contribution in [3.8, 4) is 0 Å². The number of aromatic nitrogens is 2. The van der Waals surface area contributed by atoms with Gasteiger partial charge in [0.05, 0.1) is 25.2 Å². The van der Waals surface area contributed by atoms with Crippen molar-refractivity contribution in [2.75, 3.05) is 6.61 Å². The van der Waals surface area contributed by atoms with Crippen LogP contribution in [0.3, 0.4) is 0 Å². The van der Waals surface area contributed by atoms with Crippen molar-refractivity contribution in [3.63, 3.8) is 0 Å². The number of aromatic amines is 1. The Labute approximate surface area is 105 Å². The maximum atomic E-state index is 11.8. The number of carbonyl (C=O) groups is 1. The smallest absolute Gasteiger partial charge is 0.269 e. The summed E-state index contributed by atoms with van der Waals surface area (Å²) < 4.78 is 0. The van der Waals surface area contributed by atoms with Gasteiger partial charge in [-0.25, -0.2) is 4.98 Å². The number of rotatable bonds is 5. The zero-order valence-electron chi connectivity index (χ0n) is 9.84. The largest absolute Gasteiger partial charge is 0.394 e. The van der Waals surface area contributed by atoms with Gasteiger partial charge in [-0.3, -0.25) is 4.79 Å². The quantitative estimate of drug-likeness (QED) is 0.727. The Morgan fingerprint density at radius 2 is 2.17 bits per heavy atom. The maximum absolute atomic E-state index is 11.8. The van der Waals surface area contributed by atoms with Crippen LogP contribution >= 0.6 is 0 Å². The minimum Gasteiger partial charge on any atom is -0.394 e. The average molecular weight is 245 g/mol.